The Balaban J connectivity index is 1.64. The first kappa shape index (κ1) is 22.4. The summed E-state index contributed by atoms with van der Waals surface area (Å²) in [7, 11) is 0.796. The van der Waals surface area contributed by atoms with Gasteiger partial charge >= 0.3 is 0 Å². The van der Waals surface area contributed by atoms with Gasteiger partial charge in [0.1, 0.15) is 23.1 Å². The summed E-state index contributed by atoms with van der Waals surface area (Å²) >= 11 is 0. The number of ether oxygens (including phenoxy) is 2. The van der Waals surface area contributed by atoms with Crippen LogP contribution in [0.25, 0.3) is 10.8 Å². The maximum atomic E-state index is 12.6. The molecule has 0 saturated carbocycles. The van der Waals surface area contributed by atoms with Crippen LogP contribution in [-0.2, 0) is 10.0 Å². The quantitative estimate of drug-likeness (QED) is 0.385. The van der Waals surface area contributed by atoms with E-state index in [2.05, 4.69) is 10.3 Å². The molecule has 0 aliphatic rings. The van der Waals surface area contributed by atoms with Crippen LogP contribution in [0.4, 0.5) is 17.2 Å². The van der Waals surface area contributed by atoms with Crippen LogP contribution >= 0.6 is 0 Å². The van der Waals surface area contributed by atoms with Crippen LogP contribution in [0.2, 0.25) is 0 Å². The van der Waals surface area contributed by atoms with Gasteiger partial charge in [-0.1, -0.05) is 24.3 Å². The number of sulfonamides is 1. The van der Waals surface area contributed by atoms with Crippen molar-refractivity contribution in [2.24, 2.45) is 0 Å². The normalized spacial score (nSPS) is 11.5. The fourth-order valence-corrected chi connectivity index (χ4v) is 4.29. The number of benzene rings is 3. The molecule has 33 heavy (non-hydrogen) atoms. The molecular formula is C24H24N4O4S. The average molecular weight is 465 g/mol. The number of aromatic nitrogens is 1. The van der Waals surface area contributed by atoms with Crippen molar-refractivity contribution in [2.45, 2.75) is 4.90 Å². The fraction of sp³-hybridized carbons (Fsp3) is 0.125. The molecule has 1 heterocycles. The zero-order valence-corrected chi connectivity index (χ0v) is 19.3. The van der Waals surface area contributed by atoms with E-state index in [9.17, 15) is 8.42 Å². The van der Waals surface area contributed by atoms with Gasteiger partial charge in [-0.05, 0) is 24.3 Å². The van der Waals surface area contributed by atoms with E-state index in [-0.39, 0.29) is 4.90 Å². The van der Waals surface area contributed by atoms with Gasteiger partial charge in [0, 0.05) is 60.6 Å². The molecule has 4 aromatic rings. The van der Waals surface area contributed by atoms with Gasteiger partial charge in [-0.25, -0.2) is 17.7 Å². The molecule has 0 bridgehead atoms. The standard InChI is InChI=1S/C24H24N4O4S/c1-28(2)33(29,30)19-13-16(12-18(14-19)31-3)27-24-15-17(10-11-26-24)32-23-9-8-22(25)20-6-4-5-7-21(20)23/h4-15H,25H2,1-3H3,(H,26,27). The van der Waals surface area contributed by atoms with E-state index in [1.54, 1.807) is 30.5 Å². The molecule has 1 aromatic heterocycles. The minimum absolute atomic E-state index is 0.107. The number of nitrogens with one attached hydrogen (secondary N) is 1. The number of rotatable bonds is 7. The lowest BCUT2D eigenvalue weighted by atomic mass is 10.1. The first-order valence-corrected chi connectivity index (χ1v) is 11.5. The zero-order valence-electron chi connectivity index (χ0n) is 18.4. The predicted octanol–water partition coefficient (Wildman–Crippen LogP) is 4.61. The zero-order chi connectivity index (χ0) is 23.6. The predicted molar refractivity (Wildman–Crippen MR) is 130 cm³/mol. The Labute approximate surface area is 192 Å². The SMILES string of the molecule is COc1cc(Nc2cc(Oc3ccc(N)c4ccccc34)ccn2)cc(S(=O)(=O)N(C)C)c1. The Morgan fingerprint density at radius 3 is 2.42 bits per heavy atom. The molecule has 0 saturated heterocycles. The van der Waals surface area contributed by atoms with Gasteiger partial charge in [-0.15, -0.1) is 0 Å². The Bertz CT molecular complexity index is 1420. The van der Waals surface area contributed by atoms with Crippen LogP contribution in [0.1, 0.15) is 0 Å². The summed E-state index contributed by atoms with van der Waals surface area (Å²) in [5, 5.41) is 4.94. The summed E-state index contributed by atoms with van der Waals surface area (Å²) in [6.45, 7) is 0. The van der Waals surface area contributed by atoms with Gasteiger partial charge in [0.05, 0.1) is 12.0 Å². The molecule has 0 aliphatic heterocycles. The number of methoxy groups -OCH3 is 1. The third-order valence-electron chi connectivity index (χ3n) is 5.04. The van der Waals surface area contributed by atoms with Gasteiger partial charge in [0.25, 0.3) is 0 Å². The molecule has 4 rings (SSSR count). The van der Waals surface area contributed by atoms with Crippen molar-refractivity contribution >= 4 is 38.0 Å². The molecule has 0 amide bonds. The van der Waals surface area contributed by atoms with Crippen molar-refractivity contribution in [1.82, 2.24) is 9.29 Å². The lowest BCUT2D eigenvalue weighted by molar-refractivity contribution is 0.413. The van der Waals surface area contributed by atoms with Gasteiger partial charge < -0.3 is 20.5 Å². The summed E-state index contributed by atoms with van der Waals surface area (Å²) in [6.07, 6.45) is 1.61. The maximum Gasteiger partial charge on any atom is 0.242 e. The smallest absolute Gasteiger partial charge is 0.242 e. The van der Waals surface area contributed by atoms with Gasteiger partial charge in [-0.3, -0.25) is 0 Å². The maximum absolute atomic E-state index is 12.6. The van der Waals surface area contributed by atoms with E-state index in [0.717, 1.165) is 15.1 Å². The highest BCUT2D eigenvalue weighted by Gasteiger charge is 2.19. The second-order valence-corrected chi connectivity index (χ2v) is 9.64. The van der Waals surface area contributed by atoms with Crippen molar-refractivity contribution in [3.05, 3.63) is 72.9 Å². The van der Waals surface area contributed by atoms with Crippen LogP contribution in [0, 0.1) is 0 Å². The van der Waals surface area contributed by atoms with E-state index in [1.165, 1.54) is 33.3 Å². The van der Waals surface area contributed by atoms with E-state index >= 15 is 0 Å². The minimum atomic E-state index is -3.64. The molecule has 0 spiro atoms. The Morgan fingerprint density at radius 1 is 0.939 bits per heavy atom. The molecule has 0 atom stereocenters. The van der Waals surface area contributed by atoms with E-state index in [1.807, 2.05) is 30.3 Å². The van der Waals surface area contributed by atoms with Crippen LogP contribution in [0.5, 0.6) is 17.2 Å². The van der Waals surface area contributed by atoms with Crippen molar-refractivity contribution in [2.75, 3.05) is 32.3 Å². The highest BCUT2D eigenvalue weighted by atomic mass is 32.2. The lowest BCUT2D eigenvalue weighted by Gasteiger charge is -2.15. The molecule has 9 heteroatoms. The molecule has 3 aromatic carbocycles. The number of hydrogen-bond donors (Lipinski definition) is 2. The summed E-state index contributed by atoms with van der Waals surface area (Å²) in [5.74, 6) is 2.11. The second-order valence-electron chi connectivity index (χ2n) is 7.49. The molecule has 0 fully saturated rings. The number of pyridine rings is 1. The molecular weight excluding hydrogens is 440 g/mol. The largest absolute Gasteiger partial charge is 0.497 e. The van der Waals surface area contributed by atoms with Crippen molar-refractivity contribution < 1.29 is 17.9 Å². The summed E-state index contributed by atoms with van der Waals surface area (Å²) in [4.78, 5) is 4.43. The Morgan fingerprint density at radius 2 is 1.70 bits per heavy atom. The monoisotopic (exact) mass is 464 g/mol. The first-order valence-electron chi connectivity index (χ1n) is 10.1. The highest BCUT2D eigenvalue weighted by molar-refractivity contribution is 7.89. The lowest BCUT2D eigenvalue weighted by Crippen LogP contribution is -2.22. The third-order valence-corrected chi connectivity index (χ3v) is 6.84. The Hall–Kier alpha value is -3.82. The van der Waals surface area contributed by atoms with Crippen LogP contribution in [0.15, 0.2) is 77.8 Å². The molecule has 3 N–H and O–H groups in total. The van der Waals surface area contributed by atoms with Crippen molar-refractivity contribution in [3.8, 4) is 17.2 Å². The van der Waals surface area contributed by atoms with E-state index in [0.29, 0.717) is 34.4 Å². The topological polar surface area (TPSA) is 107 Å². The van der Waals surface area contributed by atoms with Crippen LogP contribution < -0.4 is 20.5 Å². The van der Waals surface area contributed by atoms with E-state index in [4.69, 9.17) is 15.2 Å². The highest BCUT2D eigenvalue weighted by Crippen LogP contribution is 2.34. The summed E-state index contributed by atoms with van der Waals surface area (Å²) < 4.78 is 37.7. The van der Waals surface area contributed by atoms with Gasteiger partial charge in [0.2, 0.25) is 10.0 Å². The summed E-state index contributed by atoms with van der Waals surface area (Å²) in [6, 6.07) is 19.5. The van der Waals surface area contributed by atoms with Crippen LogP contribution in [0.3, 0.4) is 0 Å². The first-order chi connectivity index (χ1) is 15.8. The number of nitrogens with two attached hydrogens (primary N) is 1. The number of anilines is 3. The number of nitrogens with zero attached hydrogens (tertiary/aromatic N) is 2. The van der Waals surface area contributed by atoms with Gasteiger partial charge in [-0.2, -0.15) is 0 Å². The average Bonchev–Trinajstić information content (AvgIpc) is 2.81. The number of nitrogen functional groups attached to an aromatic ring is 1. The fourth-order valence-electron chi connectivity index (χ4n) is 3.32. The van der Waals surface area contributed by atoms with Crippen LogP contribution in [-0.4, -0.2) is 38.9 Å². The summed E-state index contributed by atoms with van der Waals surface area (Å²) in [5.41, 5.74) is 7.27. The van der Waals surface area contributed by atoms with E-state index < -0.39 is 10.0 Å². The Kier molecular flexibility index (Phi) is 6.08. The molecule has 170 valence electrons. The van der Waals surface area contributed by atoms with Crippen molar-refractivity contribution in [1.29, 1.82) is 0 Å². The minimum Gasteiger partial charge on any atom is -0.497 e. The molecule has 0 aliphatic carbocycles. The molecule has 0 unspecified atom stereocenters. The molecule has 0 radical (unpaired) electrons. The number of fused-ring (bicyclic) bond motifs is 1. The van der Waals surface area contributed by atoms with Gasteiger partial charge in [0.15, 0.2) is 0 Å². The number of hydrogen-bond acceptors (Lipinski definition) is 7. The second kappa shape index (κ2) is 8.97. The molecule has 8 nitrogen and oxygen atoms in total. The van der Waals surface area contributed by atoms with Crippen molar-refractivity contribution in [3.63, 3.8) is 0 Å². The third kappa shape index (κ3) is 4.69.